The zero-order valence-electron chi connectivity index (χ0n) is 12.9. The molecule has 112 valence electrons. The Morgan fingerprint density at radius 1 is 1.16 bits per heavy atom. The van der Waals surface area contributed by atoms with Gasteiger partial charge in [-0.2, -0.15) is 0 Å². The van der Waals surface area contributed by atoms with Crippen LogP contribution in [0.25, 0.3) is 0 Å². The molecule has 1 saturated heterocycles. The third-order valence-electron chi connectivity index (χ3n) is 5.00. The Kier molecular flexibility index (Phi) is 6.62. The summed E-state index contributed by atoms with van der Waals surface area (Å²) in [4.78, 5) is 2.76. The third-order valence-corrected chi connectivity index (χ3v) is 5.00. The Balaban J connectivity index is 1.58. The van der Waals surface area contributed by atoms with E-state index in [2.05, 4.69) is 17.1 Å². The van der Waals surface area contributed by atoms with Crippen molar-refractivity contribution in [1.29, 1.82) is 0 Å². The Morgan fingerprint density at radius 2 is 1.84 bits per heavy atom. The lowest BCUT2D eigenvalue weighted by Gasteiger charge is -2.36. The number of ether oxygens (including phenoxy) is 1. The number of nitrogens with one attached hydrogen (secondary N) is 1. The van der Waals surface area contributed by atoms with Crippen LogP contribution < -0.4 is 5.32 Å². The fourth-order valence-electron chi connectivity index (χ4n) is 3.56. The Bertz CT molecular complexity index is 233. The molecule has 3 nitrogen and oxygen atoms in total. The van der Waals surface area contributed by atoms with Crippen LogP contribution in [-0.2, 0) is 4.74 Å². The molecule has 2 fully saturated rings. The average Bonchev–Trinajstić information content (AvgIpc) is 2.97. The molecule has 1 N–H and O–H groups in total. The molecule has 0 aromatic rings. The van der Waals surface area contributed by atoms with E-state index < -0.39 is 0 Å². The quantitative estimate of drug-likeness (QED) is 0.768. The van der Waals surface area contributed by atoms with Gasteiger partial charge in [0, 0.05) is 25.8 Å². The van der Waals surface area contributed by atoms with E-state index >= 15 is 0 Å². The highest BCUT2D eigenvalue weighted by Crippen LogP contribution is 2.27. The van der Waals surface area contributed by atoms with Crippen molar-refractivity contribution < 1.29 is 4.74 Å². The smallest absolute Gasteiger partial charge is 0.0476 e. The van der Waals surface area contributed by atoms with Crippen LogP contribution in [0.5, 0.6) is 0 Å². The molecule has 0 radical (unpaired) electrons. The molecule has 0 aromatic heterocycles. The van der Waals surface area contributed by atoms with E-state index in [0.717, 1.165) is 25.0 Å². The van der Waals surface area contributed by atoms with E-state index in [1.807, 2.05) is 0 Å². The molecule has 1 atom stereocenters. The summed E-state index contributed by atoms with van der Waals surface area (Å²) in [6, 6.07) is 1.52. The van der Waals surface area contributed by atoms with Crippen LogP contribution in [0.1, 0.15) is 51.9 Å². The Labute approximate surface area is 119 Å². The lowest BCUT2D eigenvalue weighted by molar-refractivity contribution is 0.130. The number of nitrogens with zero attached hydrogens (tertiary/aromatic N) is 1. The molecular weight excluding hydrogens is 236 g/mol. The first-order chi connectivity index (χ1) is 9.29. The van der Waals surface area contributed by atoms with Gasteiger partial charge in [0.1, 0.15) is 0 Å². The van der Waals surface area contributed by atoms with Crippen molar-refractivity contribution in [2.24, 2.45) is 5.92 Å². The minimum atomic E-state index is 0.591. The van der Waals surface area contributed by atoms with Crippen LogP contribution >= 0.6 is 0 Å². The summed E-state index contributed by atoms with van der Waals surface area (Å²) >= 11 is 0. The predicted octanol–water partition coefficient (Wildman–Crippen LogP) is 2.66. The molecule has 2 aliphatic rings. The molecule has 0 unspecified atom stereocenters. The lowest BCUT2D eigenvalue weighted by Crippen LogP contribution is -2.43. The van der Waals surface area contributed by atoms with E-state index in [4.69, 9.17) is 4.74 Å². The van der Waals surface area contributed by atoms with Crippen molar-refractivity contribution in [3.05, 3.63) is 0 Å². The van der Waals surface area contributed by atoms with Crippen molar-refractivity contribution in [3.8, 4) is 0 Å². The fourth-order valence-corrected chi connectivity index (χ4v) is 3.56. The summed E-state index contributed by atoms with van der Waals surface area (Å²) in [5.74, 6) is 0.891. The molecular formula is C16H32N2O. The zero-order valence-corrected chi connectivity index (χ0v) is 12.9. The van der Waals surface area contributed by atoms with Gasteiger partial charge in [-0.25, -0.2) is 0 Å². The summed E-state index contributed by atoms with van der Waals surface area (Å²) in [7, 11) is 1.78. The van der Waals surface area contributed by atoms with Crippen LogP contribution in [0.4, 0.5) is 0 Å². The molecule has 1 aliphatic carbocycles. The zero-order chi connectivity index (χ0) is 13.5. The van der Waals surface area contributed by atoms with Crippen molar-refractivity contribution in [3.63, 3.8) is 0 Å². The van der Waals surface area contributed by atoms with Gasteiger partial charge >= 0.3 is 0 Å². The highest BCUT2D eigenvalue weighted by Gasteiger charge is 2.26. The van der Waals surface area contributed by atoms with Gasteiger partial charge in [0.05, 0.1) is 0 Å². The van der Waals surface area contributed by atoms with Crippen molar-refractivity contribution in [2.75, 3.05) is 33.4 Å². The maximum absolute atomic E-state index is 5.13. The van der Waals surface area contributed by atoms with Crippen LogP contribution in [0.3, 0.4) is 0 Å². The summed E-state index contributed by atoms with van der Waals surface area (Å²) in [6.07, 6.45) is 9.73. The first kappa shape index (κ1) is 15.3. The summed E-state index contributed by atoms with van der Waals surface area (Å²) in [6.45, 7) is 7.01. The molecule has 1 saturated carbocycles. The van der Waals surface area contributed by atoms with Crippen LogP contribution in [-0.4, -0.2) is 50.3 Å². The molecule has 3 heteroatoms. The molecule has 0 bridgehead atoms. The minimum absolute atomic E-state index is 0.591. The molecule has 1 heterocycles. The fraction of sp³-hybridized carbons (Fsp3) is 1.00. The summed E-state index contributed by atoms with van der Waals surface area (Å²) in [5.41, 5.74) is 0. The van der Waals surface area contributed by atoms with Gasteiger partial charge in [0.25, 0.3) is 0 Å². The standard InChI is InChI=1S/C16H32N2O/c1-14(9-12-19-2)17-13-15-7-10-18(11-8-15)16-5-3-4-6-16/h14-17H,3-13H2,1-2H3/t14-/m0/s1. The van der Waals surface area contributed by atoms with E-state index in [0.29, 0.717) is 6.04 Å². The highest BCUT2D eigenvalue weighted by atomic mass is 16.5. The highest BCUT2D eigenvalue weighted by molar-refractivity contribution is 4.82. The van der Waals surface area contributed by atoms with Gasteiger partial charge < -0.3 is 15.0 Å². The van der Waals surface area contributed by atoms with Crippen molar-refractivity contribution in [1.82, 2.24) is 10.2 Å². The predicted molar refractivity (Wildman–Crippen MR) is 80.5 cm³/mol. The van der Waals surface area contributed by atoms with Crippen molar-refractivity contribution >= 4 is 0 Å². The number of hydrogen-bond donors (Lipinski definition) is 1. The first-order valence-electron chi connectivity index (χ1n) is 8.26. The second-order valence-corrected chi connectivity index (χ2v) is 6.51. The summed E-state index contributed by atoms with van der Waals surface area (Å²) < 4.78 is 5.13. The Morgan fingerprint density at radius 3 is 2.47 bits per heavy atom. The average molecular weight is 268 g/mol. The molecule has 1 aliphatic heterocycles. The van der Waals surface area contributed by atoms with E-state index in [1.54, 1.807) is 7.11 Å². The maximum atomic E-state index is 5.13. The van der Waals surface area contributed by atoms with Gasteiger partial charge in [-0.05, 0) is 64.6 Å². The number of piperidine rings is 1. The second kappa shape index (κ2) is 8.23. The Hall–Kier alpha value is -0.120. The SMILES string of the molecule is COCC[C@H](C)NCC1CCN(C2CCCC2)CC1. The maximum Gasteiger partial charge on any atom is 0.0476 e. The van der Waals surface area contributed by atoms with Crippen LogP contribution in [0.15, 0.2) is 0 Å². The second-order valence-electron chi connectivity index (χ2n) is 6.51. The molecule has 0 amide bonds. The molecule has 2 rings (SSSR count). The van der Waals surface area contributed by atoms with E-state index in [-0.39, 0.29) is 0 Å². The largest absolute Gasteiger partial charge is 0.385 e. The van der Waals surface area contributed by atoms with Crippen LogP contribution in [0, 0.1) is 5.92 Å². The number of hydrogen-bond acceptors (Lipinski definition) is 3. The van der Waals surface area contributed by atoms with Crippen LogP contribution in [0.2, 0.25) is 0 Å². The molecule has 0 spiro atoms. The monoisotopic (exact) mass is 268 g/mol. The lowest BCUT2D eigenvalue weighted by atomic mass is 9.95. The van der Waals surface area contributed by atoms with Gasteiger partial charge in [0.15, 0.2) is 0 Å². The topological polar surface area (TPSA) is 24.5 Å². The van der Waals surface area contributed by atoms with E-state index in [1.165, 1.54) is 58.2 Å². The third kappa shape index (κ3) is 5.05. The minimum Gasteiger partial charge on any atom is -0.385 e. The normalized spacial score (nSPS) is 24.9. The first-order valence-corrected chi connectivity index (χ1v) is 8.26. The molecule has 19 heavy (non-hydrogen) atoms. The summed E-state index contributed by atoms with van der Waals surface area (Å²) in [5, 5.41) is 3.67. The van der Waals surface area contributed by atoms with Gasteiger partial charge in [-0.3, -0.25) is 0 Å². The molecule has 0 aromatic carbocycles. The number of likely N-dealkylation sites (tertiary alicyclic amines) is 1. The van der Waals surface area contributed by atoms with Crippen molar-refractivity contribution in [2.45, 2.75) is 64.0 Å². The van der Waals surface area contributed by atoms with Gasteiger partial charge in [-0.15, -0.1) is 0 Å². The number of rotatable bonds is 7. The number of methoxy groups -OCH3 is 1. The van der Waals surface area contributed by atoms with E-state index in [9.17, 15) is 0 Å². The van der Waals surface area contributed by atoms with Gasteiger partial charge in [0.2, 0.25) is 0 Å². The van der Waals surface area contributed by atoms with Gasteiger partial charge in [-0.1, -0.05) is 12.8 Å².